The Kier molecular flexibility index (Phi) is 5.78. The number of carbonyl (C=O) groups excluding carboxylic acids is 1. The van der Waals surface area contributed by atoms with Crippen LogP contribution < -0.4 is 20.7 Å². The largest absolute Gasteiger partial charge is 0.493 e. The summed E-state index contributed by atoms with van der Waals surface area (Å²) in [7, 11) is 0. The Morgan fingerprint density at radius 3 is 3.03 bits per heavy atom. The second kappa shape index (κ2) is 8.99. The van der Waals surface area contributed by atoms with Crippen LogP contribution in [0, 0.1) is 5.53 Å². The monoisotopic (exact) mass is 407 g/mol. The summed E-state index contributed by atoms with van der Waals surface area (Å²) in [6, 6.07) is 7.44. The molecule has 0 fully saturated rings. The minimum absolute atomic E-state index is 0.0418. The summed E-state index contributed by atoms with van der Waals surface area (Å²) in [6.07, 6.45) is 5.87. The molecule has 0 unspecified atom stereocenters. The number of aromatic nitrogens is 4. The highest BCUT2D eigenvalue weighted by Crippen LogP contribution is 2.27. The van der Waals surface area contributed by atoms with Gasteiger partial charge >= 0.3 is 0 Å². The first-order valence-electron chi connectivity index (χ1n) is 9.50. The maximum Gasteiger partial charge on any atom is 0.229 e. The van der Waals surface area contributed by atoms with Crippen molar-refractivity contribution < 1.29 is 9.53 Å². The van der Waals surface area contributed by atoms with Gasteiger partial charge in [0.05, 0.1) is 24.7 Å². The van der Waals surface area contributed by atoms with Crippen LogP contribution in [0.4, 0.5) is 28.8 Å². The van der Waals surface area contributed by atoms with E-state index in [-0.39, 0.29) is 11.6 Å². The molecule has 0 spiro atoms. The standard InChI is InChI=1S/C19H21N9O2/c20-27-16-11-22-19-25-13-3-1-4-15(9-13)30-8-2-6-21-17(29)5-7-28-12-14(10-23-28)24-18(16)26-19/h1,3-4,9-12,20H,2,5-8H2,(H,21,29)(H2,22,24,25,26). The van der Waals surface area contributed by atoms with Gasteiger partial charge in [-0.15, -0.1) is 0 Å². The third kappa shape index (κ3) is 4.87. The third-order valence-electron chi connectivity index (χ3n) is 4.36. The van der Waals surface area contributed by atoms with Gasteiger partial charge in [-0.1, -0.05) is 6.07 Å². The number of fused-ring (bicyclic) bond motifs is 6. The lowest BCUT2D eigenvalue weighted by Gasteiger charge is -2.11. The summed E-state index contributed by atoms with van der Waals surface area (Å²) in [5, 5.41) is 16.8. The first-order valence-corrected chi connectivity index (χ1v) is 9.50. The number of amides is 1. The molecule has 0 saturated carbocycles. The Morgan fingerprint density at radius 1 is 1.20 bits per heavy atom. The van der Waals surface area contributed by atoms with Gasteiger partial charge in [0.15, 0.2) is 5.82 Å². The van der Waals surface area contributed by atoms with Crippen LogP contribution in [-0.2, 0) is 11.3 Å². The second-order valence-corrected chi connectivity index (χ2v) is 6.61. The normalized spacial score (nSPS) is 14.6. The number of aryl methyl sites for hydroxylation is 1. The van der Waals surface area contributed by atoms with Crippen molar-refractivity contribution in [1.29, 1.82) is 5.53 Å². The Bertz CT molecular complexity index is 1050. The topological polar surface area (TPSA) is 142 Å². The van der Waals surface area contributed by atoms with E-state index in [1.165, 1.54) is 6.20 Å². The number of hydrogen-bond donors (Lipinski definition) is 4. The zero-order valence-electron chi connectivity index (χ0n) is 16.1. The van der Waals surface area contributed by atoms with Crippen molar-refractivity contribution in [2.45, 2.75) is 19.4 Å². The van der Waals surface area contributed by atoms with E-state index in [9.17, 15) is 4.79 Å². The SMILES string of the molecule is N=Nc1cnc2nc1Nc1cnn(c1)CCC(=O)NCCCOc1cccc(c1)N2. The summed E-state index contributed by atoms with van der Waals surface area (Å²) < 4.78 is 7.43. The molecule has 30 heavy (non-hydrogen) atoms. The van der Waals surface area contributed by atoms with Crippen molar-refractivity contribution in [2.75, 3.05) is 23.8 Å². The van der Waals surface area contributed by atoms with E-state index in [0.29, 0.717) is 55.7 Å². The van der Waals surface area contributed by atoms with Crippen LogP contribution in [0.3, 0.4) is 0 Å². The molecule has 4 rings (SSSR count). The molecule has 154 valence electrons. The Labute approximate surface area is 172 Å². The molecule has 2 aromatic heterocycles. The molecule has 3 heterocycles. The average molecular weight is 407 g/mol. The van der Waals surface area contributed by atoms with E-state index in [0.717, 1.165) is 5.69 Å². The zero-order valence-corrected chi connectivity index (χ0v) is 16.1. The molecular weight excluding hydrogens is 386 g/mol. The average Bonchev–Trinajstić information content (AvgIpc) is 3.19. The summed E-state index contributed by atoms with van der Waals surface area (Å²) in [6.45, 7) is 1.47. The Morgan fingerprint density at radius 2 is 2.13 bits per heavy atom. The van der Waals surface area contributed by atoms with Crippen molar-refractivity contribution in [3.8, 4) is 5.75 Å². The smallest absolute Gasteiger partial charge is 0.229 e. The van der Waals surface area contributed by atoms with Crippen LogP contribution >= 0.6 is 0 Å². The number of benzene rings is 1. The van der Waals surface area contributed by atoms with Crippen LogP contribution in [0.1, 0.15) is 12.8 Å². The second-order valence-electron chi connectivity index (χ2n) is 6.61. The van der Waals surface area contributed by atoms with Gasteiger partial charge in [-0.2, -0.15) is 15.2 Å². The fourth-order valence-corrected chi connectivity index (χ4v) is 2.88. The summed E-state index contributed by atoms with van der Waals surface area (Å²) >= 11 is 0. The lowest BCUT2D eigenvalue weighted by Crippen LogP contribution is -2.26. The fourth-order valence-electron chi connectivity index (χ4n) is 2.88. The van der Waals surface area contributed by atoms with Crippen LogP contribution in [0.2, 0.25) is 0 Å². The molecule has 0 aliphatic carbocycles. The van der Waals surface area contributed by atoms with E-state index < -0.39 is 0 Å². The van der Waals surface area contributed by atoms with Crippen molar-refractivity contribution in [3.63, 3.8) is 0 Å². The fraction of sp³-hybridized carbons (Fsp3) is 0.263. The predicted octanol–water partition coefficient (Wildman–Crippen LogP) is 3.11. The molecule has 11 heteroatoms. The Balaban J connectivity index is 1.62. The van der Waals surface area contributed by atoms with E-state index >= 15 is 0 Å². The van der Waals surface area contributed by atoms with Gasteiger partial charge in [-0.3, -0.25) is 9.48 Å². The highest BCUT2D eigenvalue weighted by Gasteiger charge is 2.10. The van der Waals surface area contributed by atoms with E-state index in [2.05, 4.69) is 36.1 Å². The minimum atomic E-state index is -0.0418. The van der Waals surface area contributed by atoms with Gasteiger partial charge in [0.25, 0.3) is 0 Å². The quantitative estimate of drug-likeness (QED) is 0.454. The molecule has 11 nitrogen and oxygen atoms in total. The molecule has 3 aromatic rings. The van der Waals surface area contributed by atoms with Crippen LogP contribution in [0.15, 0.2) is 48.0 Å². The molecule has 0 atom stereocenters. The molecule has 0 radical (unpaired) electrons. The van der Waals surface area contributed by atoms with E-state index in [1.54, 1.807) is 17.1 Å². The van der Waals surface area contributed by atoms with Gasteiger partial charge < -0.3 is 20.7 Å². The maximum atomic E-state index is 12.0. The number of nitrogens with zero attached hydrogens (tertiary/aromatic N) is 5. The number of ether oxygens (including phenoxy) is 1. The molecule has 1 aliphatic heterocycles. The first-order chi connectivity index (χ1) is 14.7. The lowest BCUT2D eigenvalue weighted by molar-refractivity contribution is -0.121. The molecule has 4 N–H and O–H groups in total. The molecule has 0 saturated heterocycles. The minimum Gasteiger partial charge on any atom is -0.493 e. The number of carbonyl (C=O) groups is 1. The first kappa shape index (κ1) is 19.3. The maximum absolute atomic E-state index is 12.0. The highest BCUT2D eigenvalue weighted by molar-refractivity contribution is 5.75. The molecular formula is C19H21N9O2. The number of hydrogen-bond acceptors (Lipinski definition) is 9. The van der Waals surface area contributed by atoms with Crippen molar-refractivity contribution in [3.05, 3.63) is 42.9 Å². The lowest BCUT2D eigenvalue weighted by atomic mass is 10.3. The van der Waals surface area contributed by atoms with Gasteiger partial charge in [0.1, 0.15) is 11.4 Å². The summed E-state index contributed by atoms with van der Waals surface area (Å²) in [4.78, 5) is 20.7. The number of anilines is 4. The van der Waals surface area contributed by atoms with Crippen molar-refractivity contribution in [2.24, 2.45) is 5.11 Å². The highest BCUT2D eigenvalue weighted by atomic mass is 16.5. The van der Waals surface area contributed by atoms with Crippen molar-refractivity contribution >= 4 is 34.7 Å². The van der Waals surface area contributed by atoms with Crippen LogP contribution in [0.25, 0.3) is 0 Å². The molecule has 6 bridgehead atoms. The van der Waals surface area contributed by atoms with Gasteiger partial charge in [0.2, 0.25) is 11.9 Å². The predicted molar refractivity (Wildman–Crippen MR) is 110 cm³/mol. The van der Waals surface area contributed by atoms with Crippen molar-refractivity contribution in [1.82, 2.24) is 25.1 Å². The number of rotatable bonds is 1. The van der Waals surface area contributed by atoms with E-state index in [4.69, 9.17) is 10.3 Å². The van der Waals surface area contributed by atoms with Crippen LogP contribution in [0.5, 0.6) is 5.75 Å². The molecule has 1 aliphatic rings. The number of nitrogens with one attached hydrogen (secondary N) is 4. The third-order valence-corrected chi connectivity index (χ3v) is 4.36. The van der Waals surface area contributed by atoms with Crippen LogP contribution in [-0.4, -0.2) is 38.8 Å². The zero-order chi connectivity index (χ0) is 20.8. The van der Waals surface area contributed by atoms with Gasteiger partial charge in [0, 0.05) is 37.5 Å². The van der Waals surface area contributed by atoms with E-state index in [1.807, 2.05) is 24.3 Å². The molecule has 1 amide bonds. The summed E-state index contributed by atoms with van der Waals surface area (Å²) in [5.74, 6) is 1.37. The van der Waals surface area contributed by atoms with Gasteiger partial charge in [-0.25, -0.2) is 10.5 Å². The Hall–Kier alpha value is -4.02. The summed E-state index contributed by atoms with van der Waals surface area (Å²) in [5.41, 5.74) is 9.07. The molecule has 1 aromatic carbocycles. The van der Waals surface area contributed by atoms with Gasteiger partial charge in [-0.05, 0) is 18.6 Å².